The lowest BCUT2D eigenvalue weighted by atomic mass is 10.1. The Morgan fingerprint density at radius 3 is 2.42 bits per heavy atom. The zero-order valence-electron chi connectivity index (χ0n) is 17.7. The summed E-state index contributed by atoms with van der Waals surface area (Å²) >= 11 is 5.96. The number of hydrogen-bond acceptors (Lipinski definition) is 5. The number of halogens is 1. The first kappa shape index (κ1) is 21.4. The molecule has 1 N–H and O–H groups in total. The maximum absolute atomic E-state index is 12.3. The molecular formula is C24H27ClN4O2. The van der Waals surface area contributed by atoms with Gasteiger partial charge in [0.25, 0.3) is 0 Å². The molecule has 4 rings (SSSR count). The van der Waals surface area contributed by atoms with E-state index in [1.165, 1.54) is 11.3 Å². The van der Waals surface area contributed by atoms with Crippen LogP contribution in [0.1, 0.15) is 23.2 Å². The largest absolute Gasteiger partial charge is 0.369 e. The SMILES string of the molecule is Cc1noc(Cl)c1CCC(=O)Nc1ccc(N2CCN(Cc3ccccc3)CC2)cc1. The van der Waals surface area contributed by atoms with E-state index in [0.29, 0.717) is 12.8 Å². The van der Waals surface area contributed by atoms with Gasteiger partial charge in [-0.05, 0) is 54.8 Å². The Balaban J connectivity index is 1.24. The topological polar surface area (TPSA) is 61.6 Å². The molecule has 1 saturated heterocycles. The minimum atomic E-state index is -0.0565. The monoisotopic (exact) mass is 438 g/mol. The second-order valence-electron chi connectivity index (χ2n) is 7.86. The third kappa shape index (κ3) is 5.66. The summed E-state index contributed by atoms with van der Waals surface area (Å²) in [7, 11) is 0. The lowest BCUT2D eigenvalue weighted by Gasteiger charge is -2.36. The predicted octanol–water partition coefficient (Wildman–Crippen LogP) is 4.53. The van der Waals surface area contributed by atoms with E-state index < -0.39 is 0 Å². The van der Waals surface area contributed by atoms with Crippen LogP contribution in [0, 0.1) is 6.92 Å². The molecule has 7 heteroatoms. The molecule has 0 spiro atoms. The van der Waals surface area contributed by atoms with E-state index in [4.69, 9.17) is 16.1 Å². The van der Waals surface area contributed by atoms with Gasteiger partial charge in [0, 0.05) is 56.1 Å². The molecule has 3 aromatic rings. The number of nitrogens with one attached hydrogen (secondary N) is 1. The van der Waals surface area contributed by atoms with Crippen LogP contribution in [0.2, 0.25) is 5.22 Å². The van der Waals surface area contributed by atoms with E-state index in [-0.39, 0.29) is 11.1 Å². The number of carbonyl (C=O) groups excluding carboxylic acids is 1. The third-order valence-electron chi connectivity index (χ3n) is 5.68. The molecule has 2 aromatic carbocycles. The molecule has 6 nitrogen and oxygen atoms in total. The molecule has 1 aliphatic rings. The second-order valence-corrected chi connectivity index (χ2v) is 8.21. The van der Waals surface area contributed by atoms with Crippen LogP contribution in [-0.4, -0.2) is 42.1 Å². The Labute approximate surface area is 187 Å². The van der Waals surface area contributed by atoms with Crippen LogP contribution in [0.5, 0.6) is 0 Å². The van der Waals surface area contributed by atoms with Crippen molar-refractivity contribution in [1.29, 1.82) is 0 Å². The van der Waals surface area contributed by atoms with Gasteiger partial charge in [0.2, 0.25) is 11.1 Å². The maximum atomic E-state index is 12.3. The Bertz CT molecular complexity index is 977. The second kappa shape index (κ2) is 9.98. The standard InChI is InChI=1S/C24H27ClN4O2/c1-18-22(24(25)31-27-18)11-12-23(30)26-20-7-9-21(10-8-20)29-15-13-28(14-16-29)17-19-5-3-2-4-6-19/h2-10H,11-17H2,1H3,(H,26,30). The number of aryl methyl sites for hydroxylation is 1. The van der Waals surface area contributed by atoms with Gasteiger partial charge in [-0.3, -0.25) is 9.69 Å². The summed E-state index contributed by atoms with van der Waals surface area (Å²) < 4.78 is 4.93. The lowest BCUT2D eigenvalue weighted by molar-refractivity contribution is -0.116. The molecule has 1 aliphatic heterocycles. The molecule has 1 amide bonds. The summed E-state index contributed by atoms with van der Waals surface area (Å²) in [5, 5.41) is 7.02. The normalized spacial score (nSPS) is 14.6. The van der Waals surface area contributed by atoms with Gasteiger partial charge in [-0.25, -0.2) is 0 Å². The van der Waals surface area contributed by atoms with Gasteiger partial charge in [0.15, 0.2) is 0 Å². The zero-order valence-corrected chi connectivity index (χ0v) is 18.4. The molecule has 162 valence electrons. The number of hydrogen-bond donors (Lipinski definition) is 1. The van der Waals surface area contributed by atoms with Crippen molar-refractivity contribution in [1.82, 2.24) is 10.1 Å². The van der Waals surface area contributed by atoms with Crippen LogP contribution in [0.3, 0.4) is 0 Å². The van der Waals surface area contributed by atoms with Crippen molar-refractivity contribution in [3.05, 3.63) is 76.6 Å². The molecule has 0 unspecified atom stereocenters. The highest BCUT2D eigenvalue weighted by atomic mass is 35.5. The Morgan fingerprint density at radius 1 is 1.06 bits per heavy atom. The molecule has 0 saturated carbocycles. The Morgan fingerprint density at radius 2 is 1.77 bits per heavy atom. The average Bonchev–Trinajstić information content (AvgIpc) is 3.11. The van der Waals surface area contributed by atoms with Crippen molar-refractivity contribution in [3.63, 3.8) is 0 Å². The summed E-state index contributed by atoms with van der Waals surface area (Å²) in [6, 6.07) is 18.7. The molecule has 0 bridgehead atoms. The molecule has 2 heterocycles. The first-order chi connectivity index (χ1) is 15.1. The first-order valence-electron chi connectivity index (χ1n) is 10.6. The fourth-order valence-corrected chi connectivity index (χ4v) is 4.13. The van der Waals surface area contributed by atoms with Crippen molar-refractivity contribution in [2.45, 2.75) is 26.3 Å². The van der Waals surface area contributed by atoms with Crippen LogP contribution in [0.25, 0.3) is 0 Å². The van der Waals surface area contributed by atoms with E-state index in [1.54, 1.807) is 0 Å². The number of piperazine rings is 1. The highest BCUT2D eigenvalue weighted by Gasteiger charge is 2.17. The smallest absolute Gasteiger partial charge is 0.229 e. The summed E-state index contributed by atoms with van der Waals surface area (Å²) in [5.41, 5.74) is 4.86. The van der Waals surface area contributed by atoms with E-state index in [2.05, 4.69) is 62.7 Å². The number of anilines is 2. The number of nitrogens with zero attached hydrogens (tertiary/aromatic N) is 3. The van der Waals surface area contributed by atoms with Crippen LogP contribution < -0.4 is 10.2 Å². The van der Waals surface area contributed by atoms with Crippen LogP contribution in [-0.2, 0) is 17.8 Å². The average molecular weight is 439 g/mol. The van der Waals surface area contributed by atoms with Crippen LogP contribution in [0.4, 0.5) is 11.4 Å². The quantitative estimate of drug-likeness (QED) is 0.587. The molecular weight excluding hydrogens is 412 g/mol. The van der Waals surface area contributed by atoms with E-state index in [1.807, 2.05) is 19.1 Å². The summed E-state index contributed by atoms with van der Waals surface area (Å²) in [4.78, 5) is 17.2. The fraction of sp³-hybridized carbons (Fsp3) is 0.333. The van der Waals surface area contributed by atoms with Gasteiger partial charge in [0.1, 0.15) is 0 Å². The minimum Gasteiger partial charge on any atom is -0.369 e. The van der Waals surface area contributed by atoms with E-state index in [0.717, 1.165) is 49.7 Å². The van der Waals surface area contributed by atoms with Crippen molar-refractivity contribution in [3.8, 4) is 0 Å². The van der Waals surface area contributed by atoms with Crippen molar-refractivity contribution < 1.29 is 9.32 Å². The molecule has 0 atom stereocenters. The fourth-order valence-electron chi connectivity index (χ4n) is 3.86. The van der Waals surface area contributed by atoms with Crippen molar-refractivity contribution in [2.75, 3.05) is 36.4 Å². The molecule has 31 heavy (non-hydrogen) atoms. The number of rotatable bonds is 7. The molecule has 0 aliphatic carbocycles. The highest BCUT2D eigenvalue weighted by Crippen LogP contribution is 2.22. The van der Waals surface area contributed by atoms with Gasteiger partial charge in [-0.15, -0.1) is 0 Å². The summed E-state index contributed by atoms with van der Waals surface area (Å²) in [6.07, 6.45) is 0.832. The molecule has 0 radical (unpaired) electrons. The number of aromatic nitrogens is 1. The predicted molar refractivity (Wildman–Crippen MR) is 124 cm³/mol. The molecule has 1 aromatic heterocycles. The summed E-state index contributed by atoms with van der Waals surface area (Å²) in [6.45, 7) is 6.90. The van der Waals surface area contributed by atoms with Gasteiger partial charge >= 0.3 is 0 Å². The van der Waals surface area contributed by atoms with Crippen LogP contribution >= 0.6 is 11.6 Å². The van der Waals surface area contributed by atoms with Crippen molar-refractivity contribution in [2.24, 2.45) is 0 Å². The van der Waals surface area contributed by atoms with E-state index in [9.17, 15) is 4.79 Å². The van der Waals surface area contributed by atoms with E-state index >= 15 is 0 Å². The highest BCUT2D eigenvalue weighted by molar-refractivity contribution is 6.29. The van der Waals surface area contributed by atoms with Crippen LogP contribution in [0.15, 0.2) is 59.1 Å². The maximum Gasteiger partial charge on any atom is 0.229 e. The molecule has 1 fully saturated rings. The Kier molecular flexibility index (Phi) is 6.89. The van der Waals surface area contributed by atoms with Gasteiger partial charge in [-0.1, -0.05) is 35.5 Å². The minimum absolute atomic E-state index is 0.0565. The van der Waals surface area contributed by atoms with Crippen molar-refractivity contribution >= 4 is 28.9 Å². The summed E-state index contributed by atoms with van der Waals surface area (Å²) in [5.74, 6) is -0.0565. The zero-order chi connectivity index (χ0) is 21.6. The van der Waals surface area contributed by atoms with Gasteiger partial charge < -0.3 is 14.7 Å². The van der Waals surface area contributed by atoms with Gasteiger partial charge in [0.05, 0.1) is 5.69 Å². The number of benzene rings is 2. The lowest BCUT2D eigenvalue weighted by Crippen LogP contribution is -2.45. The number of amides is 1. The Hall–Kier alpha value is -2.83. The third-order valence-corrected chi connectivity index (χ3v) is 5.97. The number of carbonyl (C=O) groups is 1. The van der Waals surface area contributed by atoms with Gasteiger partial charge in [-0.2, -0.15) is 0 Å². The first-order valence-corrected chi connectivity index (χ1v) is 11.0.